The molecule has 0 aliphatic carbocycles. The average molecular weight is 347 g/mol. The molecule has 0 atom stereocenters. The normalized spacial score (nSPS) is 16.0. The fourth-order valence-electron chi connectivity index (χ4n) is 3.37. The van der Waals surface area contributed by atoms with Gasteiger partial charge in [-0.1, -0.05) is 0 Å². The molecule has 2 heterocycles. The third kappa shape index (κ3) is 3.11. The summed E-state index contributed by atoms with van der Waals surface area (Å²) in [5, 5.41) is 9.21. The van der Waals surface area contributed by atoms with Crippen molar-refractivity contribution in [2.75, 3.05) is 31.1 Å². The Morgan fingerprint density at radius 3 is 2.40 bits per heavy atom. The molecule has 1 saturated heterocycles. The first-order valence-corrected chi connectivity index (χ1v) is 8.34. The number of aromatic carboxylic acids is 1. The molecule has 1 N–H and O–H groups in total. The highest BCUT2D eigenvalue weighted by atomic mass is 19.1. The maximum atomic E-state index is 14.7. The fourth-order valence-corrected chi connectivity index (χ4v) is 3.37. The quantitative estimate of drug-likeness (QED) is 0.919. The van der Waals surface area contributed by atoms with E-state index in [1.54, 1.807) is 17.7 Å². The van der Waals surface area contributed by atoms with Crippen molar-refractivity contribution >= 4 is 22.6 Å². The number of benzene rings is 1. The largest absolute Gasteiger partial charge is 0.477 e. The number of aryl methyl sites for hydroxylation is 1. The van der Waals surface area contributed by atoms with Gasteiger partial charge in [0.25, 0.3) is 0 Å². The first-order valence-electron chi connectivity index (χ1n) is 8.34. The summed E-state index contributed by atoms with van der Waals surface area (Å²) in [6.07, 6.45) is 1.28. The Morgan fingerprint density at radius 1 is 1.20 bits per heavy atom. The van der Waals surface area contributed by atoms with Crippen molar-refractivity contribution < 1.29 is 14.3 Å². The van der Waals surface area contributed by atoms with Gasteiger partial charge >= 0.3 is 5.97 Å². The van der Waals surface area contributed by atoms with E-state index in [9.17, 15) is 14.0 Å². The number of carboxylic acid groups (broad SMARTS) is 1. The molecule has 0 bridgehead atoms. The number of carboxylic acids is 1. The third-order valence-electron chi connectivity index (χ3n) is 4.87. The molecule has 0 unspecified atom stereocenters. The summed E-state index contributed by atoms with van der Waals surface area (Å²) in [6.45, 7) is 7.41. The van der Waals surface area contributed by atoms with Gasteiger partial charge in [0.15, 0.2) is 0 Å². The third-order valence-corrected chi connectivity index (χ3v) is 4.87. The second-order valence-corrected chi connectivity index (χ2v) is 6.73. The summed E-state index contributed by atoms with van der Waals surface area (Å²) in [5.74, 6) is -1.80. The molecular formula is C18H22FN3O3. The van der Waals surface area contributed by atoms with Crippen LogP contribution in [0.5, 0.6) is 0 Å². The van der Waals surface area contributed by atoms with E-state index in [0.717, 1.165) is 19.2 Å². The summed E-state index contributed by atoms with van der Waals surface area (Å²) in [7, 11) is 1.66. The van der Waals surface area contributed by atoms with Crippen LogP contribution in [0, 0.1) is 5.82 Å². The van der Waals surface area contributed by atoms with Crippen molar-refractivity contribution in [1.82, 2.24) is 9.47 Å². The first-order chi connectivity index (χ1) is 11.8. The zero-order chi connectivity index (χ0) is 18.3. The first kappa shape index (κ1) is 17.4. The number of anilines is 1. The van der Waals surface area contributed by atoms with Crippen LogP contribution in [0.2, 0.25) is 0 Å². The van der Waals surface area contributed by atoms with Crippen LogP contribution >= 0.6 is 0 Å². The van der Waals surface area contributed by atoms with Crippen molar-refractivity contribution in [2.45, 2.75) is 19.9 Å². The van der Waals surface area contributed by atoms with Crippen LogP contribution in [0.4, 0.5) is 10.1 Å². The number of piperazine rings is 1. The number of nitrogens with zero attached hydrogens (tertiary/aromatic N) is 3. The molecule has 0 spiro atoms. The van der Waals surface area contributed by atoms with Crippen LogP contribution in [-0.4, -0.2) is 52.8 Å². The molecule has 0 saturated carbocycles. The Bertz CT molecular complexity index is 883. The molecule has 6 nitrogen and oxygen atoms in total. The molecule has 0 radical (unpaired) electrons. The Morgan fingerprint density at radius 2 is 1.84 bits per heavy atom. The number of rotatable bonds is 3. The van der Waals surface area contributed by atoms with Gasteiger partial charge in [-0.3, -0.25) is 9.69 Å². The van der Waals surface area contributed by atoms with E-state index >= 15 is 0 Å². The molecule has 1 aliphatic heterocycles. The lowest BCUT2D eigenvalue weighted by Crippen LogP contribution is -2.49. The monoisotopic (exact) mass is 347 g/mol. The van der Waals surface area contributed by atoms with E-state index in [1.165, 1.54) is 6.20 Å². The van der Waals surface area contributed by atoms with Gasteiger partial charge in [-0.15, -0.1) is 0 Å². The molecule has 7 heteroatoms. The topological polar surface area (TPSA) is 65.8 Å². The van der Waals surface area contributed by atoms with Crippen LogP contribution in [0.15, 0.2) is 23.1 Å². The van der Waals surface area contributed by atoms with E-state index in [1.807, 2.05) is 4.90 Å². The Hall–Kier alpha value is -2.41. The molecule has 1 aromatic heterocycles. The van der Waals surface area contributed by atoms with Crippen molar-refractivity contribution in [2.24, 2.45) is 7.05 Å². The number of hydrogen-bond donors (Lipinski definition) is 1. The second-order valence-electron chi connectivity index (χ2n) is 6.73. The van der Waals surface area contributed by atoms with Gasteiger partial charge in [0, 0.05) is 50.9 Å². The summed E-state index contributed by atoms with van der Waals surface area (Å²) in [6, 6.07) is 3.26. The van der Waals surface area contributed by atoms with E-state index in [2.05, 4.69) is 18.7 Å². The molecule has 134 valence electrons. The lowest BCUT2D eigenvalue weighted by atomic mass is 10.1. The predicted octanol–water partition coefficient (Wildman–Crippen LogP) is 1.91. The Balaban J connectivity index is 2.03. The van der Waals surface area contributed by atoms with Gasteiger partial charge in [-0.2, -0.15) is 0 Å². The number of aromatic nitrogens is 1. The highest BCUT2D eigenvalue weighted by Gasteiger charge is 2.23. The van der Waals surface area contributed by atoms with Gasteiger partial charge < -0.3 is 14.6 Å². The van der Waals surface area contributed by atoms with Gasteiger partial charge in [0.1, 0.15) is 11.4 Å². The number of hydrogen-bond acceptors (Lipinski definition) is 4. The van der Waals surface area contributed by atoms with Gasteiger partial charge in [0.2, 0.25) is 5.43 Å². The highest BCUT2D eigenvalue weighted by Crippen LogP contribution is 2.26. The molecule has 25 heavy (non-hydrogen) atoms. The minimum Gasteiger partial charge on any atom is -0.477 e. The fraction of sp³-hybridized carbons (Fsp3) is 0.444. The van der Waals surface area contributed by atoms with Crippen LogP contribution in [0.3, 0.4) is 0 Å². The zero-order valence-electron chi connectivity index (χ0n) is 14.6. The molecule has 3 rings (SSSR count). The van der Waals surface area contributed by atoms with Crippen LogP contribution in [0.1, 0.15) is 24.2 Å². The minimum atomic E-state index is -1.31. The van der Waals surface area contributed by atoms with Crippen LogP contribution < -0.4 is 10.3 Å². The number of halogens is 1. The maximum absolute atomic E-state index is 14.7. The molecule has 1 aromatic carbocycles. The van der Waals surface area contributed by atoms with Crippen molar-refractivity contribution in [3.63, 3.8) is 0 Å². The van der Waals surface area contributed by atoms with E-state index < -0.39 is 17.2 Å². The van der Waals surface area contributed by atoms with Crippen molar-refractivity contribution in [1.29, 1.82) is 0 Å². The van der Waals surface area contributed by atoms with Gasteiger partial charge in [-0.25, -0.2) is 9.18 Å². The number of fused-ring (bicyclic) bond motifs is 1. The Kier molecular flexibility index (Phi) is 4.51. The molecule has 1 aliphatic rings. The molecule has 1 fully saturated rings. The Labute approximate surface area is 145 Å². The predicted molar refractivity (Wildman–Crippen MR) is 95.0 cm³/mol. The van der Waals surface area contributed by atoms with Crippen LogP contribution in [-0.2, 0) is 7.05 Å². The smallest absolute Gasteiger partial charge is 0.341 e. The molecule has 2 aromatic rings. The summed E-state index contributed by atoms with van der Waals surface area (Å²) < 4.78 is 16.2. The van der Waals surface area contributed by atoms with Gasteiger partial charge in [0.05, 0.1) is 11.2 Å². The number of pyridine rings is 1. The van der Waals surface area contributed by atoms with Gasteiger partial charge in [-0.05, 0) is 26.0 Å². The SMILES string of the molecule is CC(C)N1CCN(c2cc3c(cc2F)c(=O)c(C(=O)O)cn3C)CC1. The highest BCUT2D eigenvalue weighted by molar-refractivity contribution is 5.93. The summed E-state index contributed by atoms with van der Waals surface area (Å²) in [4.78, 5) is 27.8. The zero-order valence-corrected chi connectivity index (χ0v) is 14.6. The van der Waals surface area contributed by atoms with Crippen molar-refractivity contribution in [3.05, 3.63) is 39.9 Å². The summed E-state index contributed by atoms with van der Waals surface area (Å²) >= 11 is 0. The van der Waals surface area contributed by atoms with E-state index in [-0.39, 0.29) is 10.9 Å². The van der Waals surface area contributed by atoms with E-state index in [4.69, 9.17) is 5.11 Å². The number of carbonyl (C=O) groups is 1. The summed E-state index contributed by atoms with van der Waals surface area (Å²) in [5.41, 5.74) is -0.0324. The molecular weight excluding hydrogens is 325 g/mol. The molecule has 0 amide bonds. The van der Waals surface area contributed by atoms with Crippen LogP contribution in [0.25, 0.3) is 10.9 Å². The minimum absolute atomic E-state index is 0.0875. The lowest BCUT2D eigenvalue weighted by molar-refractivity contribution is 0.0695. The second kappa shape index (κ2) is 6.48. The maximum Gasteiger partial charge on any atom is 0.341 e. The van der Waals surface area contributed by atoms with E-state index in [0.29, 0.717) is 30.3 Å². The average Bonchev–Trinajstić information content (AvgIpc) is 2.57. The van der Waals surface area contributed by atoms with Crippen molar-refractivity contribution in [3.8, 4) is 0 Å². The lowest BCUT2D eigenvalue weighted by Gasteiger charge is -2.38. The standard InChI is InChI=1S/C18H22FN3O3/c1-11(2)21-4-6-22(7-5-21)16-9-15-12(8-14(16)19)17(23)13(18(24)25)10-20(15)3/h8-11H,4-7H2,1-3H3,(H,24,25).